The Morgan fingerprint density at radius 3 is 2.68 bits per heavy atom. The molecule has 25 heavy (non-hydrogen) atoms. The molecule has 0 saturated heterocycles. The quantitative estimate of drug-likeness (QED) is 0.719. The van der Waals surface area contributed by atoms with E-state index >= 15 is 0 Å². The fourth-order valence-electron chi connectivity index (χ4n) is 2.60. The standard InChI is InChI=1S/C19H16N4OS/c1-25-19-21-18-17(22-23-19)14-9-5-6-10-15(14)20-16(24-18)12-11-13-7-3-2-4-8-13/h2-12,16,20H,1H3. The molecule has 5 nitrogen and oxygen atoms in total. The van der Waals surface area contributed by atoms with E-state index in [-0.39, 0.29) is 6.23 Å². The second-order valence-corrected chi connectivity index (χ2v) is 6.22. The predicted molar refractivity (Wildman–Crippen MR) is 101 cm³/mol. The van der Waals surface area contributed by atoms with Gasteiger partial charge in [0.15, 0.2) is 11.9 Å². The zero-order chi connectivity index (χ0) is 17.1. The molecule has 4 rings (SSSR count). The number of anilines is 1. The summed E-state index contributed by atoms with van der Waals surface area (Å²) in [5, 5.41) is 12.4. The number of hydrogen-bond donors (Lipinski definition) is 1. The maximum Gasteiger partial charge on any atom is 0.247 e. The Morgan fingerprint density at radius 2 is 1.84 bits per heavy atom. The van der Waals surface area contributed by atoms with Gasteiger partial charge in [-0.1, -0.05) is 66.4 Å². The molecule has 2 aromatic carbocycles. The number of ether oxygens (including phenoxy) is 1. The van der Waals surface area contributed by atoms with Crippen molar-refractivity contribution in [3.8, 4) is 17.1 Å². The van der Waals surface area contributed by atoms with Crippen LogP contribution in [0.25, 0.3) is 17.3 Å². The molecule has 1 aromatic heterocycles. The molecule has 0 saturated carbocycles. The van der Waals surface area contributed by atoms with Gasteiger partial charge in [-0.2, -0.15) is 4.98 Å². The van der Waals surface area contributed by atoms with Crippen LogP contribution in [0.5, 0.6) is 5.88 Å². The van der Waals surface area contributed by atoms with Crippen molar-refractivity contribution < 1.29 is 4.74 Å². The highest BCUT2D eigenvalue weighted by atomic mass is 32.2. The lowest BCUT2D eigenvalue weighted by molar-refractivity contribution is 0.266. The molecule has 0 bridgehead atoms. The zero-order valence-corrected chi connectivity index (χ0v) is 14.4. The predicted octanol–water partition coefficient (Wildman–Crippen LogP) is 4.10. The van der Waals surface area contributed by atoms with E-state index in [2.05, 4.69) is 20.5 Å². The fourth-order valence-corrected chi connectivity index (χ4v) is 2.90. The number of aromatic nitrogens is 3. The van der Waals surface area contributed by atoms with E-state index in [4.69, 9.17) is 4.74 Å². The van der Waals surface area contributed by atoms with Crippen LogP contribution >= 0.6 is 11.8 Å². The normalized spacial score (nSPS) is 15.6. The second kappa shape index (κ2) is 6.94. The van der Waals surface area contributed by atoms with E-state index in [0.717, 1.165) is 16.8 Å². The number of rotatable bonds is 3. The first kappa shape index (κ1) is 15.7. The average molecular weight is 348 g/mol. The van der Waals surface area contributed by atoms with Crippen molar-refractivity contribution in [1.82, 2.24) is 15.2 Å². The van der Waals surface area contributed by atoms with Gasteiger partial charge in [-0.15, -0.1) is 10.2 Å². The Labute approximate surface area is 150 Å². The van der Waals surface area contributed by atoms with Crippen LogP contribution in [0.4, 0.5) is 5.69 Å². The Balaban J connectivity index is 1.73. The highest BCUT2D eigenvalue weighted by Crippen LogP contribution is 2.36. The van der Waals surface area contributed by atoms with Gasteiger partial charge in [0.05, 0.1) is 0 Å². The van der Waals surface area contributed by atoms with Crippen LogP contribution in [-0.2, 0) is 0 Å². The first-order valence-corrected chi connectivity index (χ1v) is 9.10. The van der Waals surface area contributed by atoms with Crippen LogP contribution in [0.2, 0.25) is 0 Å². The Hall–Kier alpha value is -2.86. The van der Waals surface area contributed by atoms with Gasteiger partial charge < -0.3 is 10.1 Å². The van der Waals surface area contributed by atoms with Gasteiger partial charge in [0.2, 0.25) is 11.0 Å². The number of thioether (sulfide) groups is 1. The van der Waals surface area contributed by atoms with E-state index in [0.29, 0.717) is 16.7 Å². The SMILES string of the molecule is CSc1nnc2c(n1)OC(C=Cc1ccccc1)Nc1ccccc1-2. The minimum Gasteiger partial charge on any atom is -0.448 e. The number of fused-ring (bicyclic) bond motifs is 3. The Kier molecular flexibility index (Phi) is 4.35. The van der Waals surface area contributed by atoms with E-state index in [1.165, 1.54) is 11.8 Å². The number of para-hydroxylation sites is 1. The van der Waals surface area contributed by atoms with E-state index < -0.39 is 0 Å². The zero-order valence-electron chi connectivity index (χ0n) is 13.6. The van der Waals surface area contributed by atoms with Crippen molar-refractivity contribution >= 4 is 23.5 Å². The summed E-state index contributed by atoms with van der Waals surface area (Å²) in [6, 6.07) is 18.0. The summed E-state index contributed by atoms with van der Waals surface area (Å²) in [5.41, 5.74) is 3.63. The first-order chi connectivity index (χ1) is 12.3. The first-order valence-electron chi connectivity index (χ1n) is 7.88. The Morgan fingerprint density at radius 1 is 1.04 bits per heavy atom. The molecular weight excluding hydrogens is 332 g/mol. The van der Waals surface area contributed by atoms with Gasteiger partial charge in [-0.25, -0.2) is 0 Å². The van der Waals surface area contributed by atoms with Crippen molar-refractivity contribution in [2.24, 2.45) is 0 Å². The molecule has 0 radical (unpaired) electrons. The highest BCUT2D eigenvalue weighted by molar-refractivity contribution is 7.98. The molecule has 2 heterocycles. The van der Waals surface area contributed by atoms with Crippen LogP contribution in [0.15, 0.2) is 65.8 Å². The largest absolute Gasteiger partial charge is 0.448 e. The van der Waals surface area contributed by atoms with Crippen molar-refractivity contribution in [2.75, 3.05) is 11.6 Å². The van der Waals surface area contributed by atoms with Gasteiger partial charge in [0.25, 0.3) is 0 Å². The molecule has 0 fully saturated rings. The maximum absolute atomic E-state index is 6.08. The Bertz CT molecular complexity index is 914. The number of nitrogens with one attached hydrogen (secondary N) is 1. The summed E-state index contributed by atoms with van der Waals surface area (Å²) in [6.45, 7) is 0. The maximum atomic E-state index is 6.08. The molecule has 1 aliphatic rings. The van der Waals surface area contributed by atoms with Gasteiger partial charge in [-0.3, -0.25) is 0 Å². The van der Waals surface area contributed by atoms with Crippen molar-refractivity contribution in [2.45, 2.75) is 11.4 Å². The van der Waals surface area contributed by atoms with Crippen molar-refractivity contribution in [3.63, 3.8) is 0 Å². The number of hydrogen-bond acceptors (Lipinski definition) is 6. The summed E-state index contributed by atoms with van der Waals surface area (Å²) in [6.07, 6.45) is 5.56. The van der Waals surface area contributed by atoms with Gasteiger partial charge in [-0.05, 0) is 24.0 Å². The number of benzene rings is 2. The van der Waals surface area contributed by atoms with Crippen molar-refractivity contribution in [1.29, 1.82) is 0 Å². The lowest BCUT2D eigenvalue weighted by Gasteiger charge is -2.15. The molecule has 0 aliphatic carbocycles. The molecule has 1 unspecified atom stereocenters. The van der Waals surface area contributed by atoms with Crippen LogP contribution in [-0.4, -0.2) is 27.7 Å². The minimum absolute atomic E-state index is 0.353. The summed E-state index contributed by atoms with van der Waals surface area (Å²) in [4.78, 5) is 4.49. The van der Waals surface area contributed by atoms with E-state index in [1.807, 2.05) is 73.0 Å². The molecule has 1 aliphatic heterocycles. The molecule has 0 spiro atoms. The summed E-state index contributed by atoms with van der Waals surface area (Å²) < 4.78 is 6.08. The van der Waals surface area contributed by atoms with Crippen LogP contribution in [0, 0.1) is 0 Å². The monoisotopic (exact) mass is 348 g/mol. The third-order valence-corrected chi connectivity index (χ3v) is 4.34. The minimum atomic E-state index is -0.353. The highest BCUT2D eigenvalue weighted by Gasteiger charge is 2.23. The molecular formula is C19H16N4OS. The van der Waals surface area contributed by atoms with Gasteiger partial charge >= 0.3 is 0 Å². The third-order valence-electron chi connectivity index (χ3n) is 3.80. The molecule has 1 atom stereocenters. The fraction of sp³-hybridized carbons (Fsp3) is 0.105. The topological polar surface area (TPSA) is 59.9 Å². The smallest absolute Gasteiger partial charge is 0.247 e. The van der Waals surface area contributed by atoms with Gasteiger partial charge in [0.1, 0.15) is 0 Å². The molecule has 1 N–H and O–H groups in total. The molecule has 124 valence electrons. The lowest BCUT2D eigenvalue weighted by Crippen LogP contribution is -2.23. The van der Waals surface area contributed by atoms with Crippen LogP contribution in [0.1, 0.15) is 5.56 Å². The summed E-state index contributed by atoms with van der Waals surface area (Å²) in [5.74, 6) is 0.486. The number of nitrogens with zero attached hydrogens (tertiary/aromatic N) is 3. The van der Waals surface area contributed by atoms with Crippen LogP contribution < -0.4 is 10.1 Å². The summed E-state index contributed by atoms with van der Waals surface area (Å²) in [7, 11) is 0. The average Bonchev–Trinajstić information content (AvgIpc) is 2.83. The van der Waals surface area contributed by atoms with Gasteiger partial charge in [0, 0.05) is 11.3 Å². The van der Waals surface area contributed by atoms with E-state index in [9.17, 15) is 0 Å². The second-order valence-electron chi connectivity index (χ2n) is 5.45. The van der Waals surface area contributed by atoms with Crippen LogP contribution in [0.3, 0.4) is 0 Å². The van der Waals surface area contributed by atoms with E-state index in [1.54, 1.807) is 0 Å². The third kappa shape index (κ3) is 3.34. The lowest BCUT2D eigenvalue weighted by atomic mass is 10.1. The molecule has 6 heteroatoms. The molecule has 3 aromatic rings. The molecule has 0 amide bonds. The van der Waals surface area contributed by atoms with Crippen molar-refractivity contribution in [3.05, 3.63) is 66.2 Å². The summed E-state index contributed by atoms with van der Waals surface area (Å²) >= 11 is 1.44.